The molecular weight excluding hydrogens is 434 g/mol. The van der Waals surface area contributed by atoms with Crippen molar-refractivity contribution in [2.24, 2.45) is 0 Å². The zero-order valence-electron chi connectivity index (χ0n) is 16.3. The van der Waals surface area contributed by atoms with E-state index in [4.69, 9.17) is 4.74 Å². The van der Waals surface area contributed by atoms with Gasteiger partial charge in [0.1, 0.15) is 5.75 Å². The van der Waals surface area contributed by atoms with Crippen molar-refractivity contribution in [2.45, 2.75) is 37.6 Å². The minimum atomic E-state index is -3.59. The molecule has 0 aromatic heterocycles. The molecular formula is C18H28BrN3O4S. The van der Waals surface area contributed by atoms with Crippen LogP contribution in [-0.4, -0.2) is 68.9 Å². The molecule has 1 aliphatic rings. The Morgan fingerprint density at radius 2 is 1.93 bits per heavy atom. The summed E-state index contributed by atoms with van der Waals surface area (Å²) < 4.78 is 33.2. The summed E-state index contributed by atoms with van der Waals surface area (Å²) in [5, 5.41) is 2.94. The molecule has 1 aromatic carbocycles. The van der Waals surface area contributed by atoms with Crippen molar-refractivity contribution < 1.29 is 17.9 Å². The molecule has 9 heteroatoms. The molecule has 0 spiro atoms. The van der Waals surface area contributed by atoms with E-state index in [0.29, 0.717) is 42.8 Å². The van der Waals surface area contributed by atoms with E-state index >= 15 is 0 Å². The maximum Gasteiger partial charge on any atom is 0.243 e. The zero-order chi connectivity index (χ0) is 20.2. The number of ether oxygens (including phenoxy) is 1. The van der Waals surface area contributed by atoms with Crippen molar-refractivity contribution in [3.8, 4) is 5.75 Å². The molecule has 0 atom stereocenters. The Kier molecular flexibility index (Phi) is 7.29. The van der Waals surface area contributed by atoms with Crippen LogP contribution in [0.1, 0.15) is 27.2 Å². The van der Waals surface area contributed by atoms with E-state index in [0.717, 1.165) is 0 Å². The molecule has 0 unspecified atom stereocenters. The number of hydrogen-bond acceptors (Lipinski definition) is 5. The van der Waals surface area contributed by atoms with E-state index in [2.05, 4.69) is 21.2 Å². The Labute approximate surface area is 170 Å². The van der Waals surface area contributed by atoms with Crippen LogP contribution in [0.2, 0.25) is 0 Å². The largest absolute Gasteiger partial charge is 0.496 e. The van der Waals surface area contributed by atoms with Gasteiger partial charge in [-0.25, -0.2) is 8.42 Å². The SMILES string of the molecule is COc1ccc(S(=O)(=O)N2CCCN(CC(=O)NC(C)(C)C)CC2)cc1Br. The highest BCUT2D eigenvalue weighted by atomic mass is 79.9. The predicted octanol–water partition coefficient (Wildman–Crippen LogP) is 2.07. The predicted molar refractivity (Wildman–Crippen MR) is 108 cm³/mol. The fraction of sp³-hybridized carbons (Fsp3) is 0.611. The van der Waals surface area contributed by atoms with Crippen LogP contribution in [-0.2, 0) is 14.8 Å². The highest BCUT2D eigenvalue weighted by Crippen LogP contribution is 2.29. The number of hydrogen-bond donors (Lipinski definition) is 1. The number of nitrogens with zero attached hydrogens (tertiary/aromatic N) is 2. The van der Waals surface area contributed by atoms with E-state index in [1.165, 1.54) is 11.4 Å². The highest BCUT2D eigenvalue weighted by Gasteiger charge is 2.28. The van der Waals surface area contributed by atoms with Crippen molar-refractivity contribution in [2.75, 3.05) is 39.8 Å². The standard InChI is InChI=1S/C18H28BrN3O4S/c1-18(2,3)20-17(23)13-21-8-5-9-22(11-10-21)27(24,25)14-6-7-16(26-4)15(19)12-14/h6-7,12H,5,8-11,13H2,1-4H3,(H,20,23). The zero-order valence-corrected chi connectivity index (χ0v) is 18.7. The topological polar surface area (TPSA) is 79.0 Å². The van der Waals surface area contributed by atoms with Gasteiger partial charge in [0.05, 0.1) is 23.0 Å². The number of carbonyl (C=O) groups is 1. The van der Waals surface area contributed by atoms with Crippen molar-refractivity contribution in [1.29, 1.82) is 0 Å². The number of halogens is 1. The lowest BCUT2D eigenvalue weighted by Gasteiger charge is -2.25. The summed E-state index contributed by atoms with van der Waals surface area (Å²) in [6.07, 6.45) is 0.680. The van der Waals surface area contributed by atoms with Gasteiger partial charge >= 0.3 is 0 Å². The van der Waals surface area contributed by atoms with Crippen LogP contribution in [0.5, 0.6) is 5.75 Å². The van der Waals surface area contributed by atoms with Gasteiger partial charge in [0.15, 0.2) is 0 Å². The summed E-state index contributed by atoms with van der Waals surface area (Å²) in [6, 6.07) is 4.75. The minimum Gasteiger partial charge on any atom is -0.496 e. The summed E-state index contributed by atoms with van der Waals surface area (Å²) in [5.74, 6) is 0.541. The van der Waals surface area contributed by atoms with E-state index in [9.17, 15) is 13.2 Å². The summed E-state index contributed by atoms with van der Waals surface area (Å²) in [7, 11) is -2.06. The Morgan fingerprint density at radius 3 is 2.52 bits per heavy atom. The van der Waals surface area contributed by atoms with Crippen LogP contribution in [0, 0.1) is 0 Å². The lowest BCUT2D eigenvalue weighted by atomic mass is 10.1. The van der Waals surface area contributed by atoms with Gasteiger partial charge in [-0.3, -0.25) is 9.69 Å². The van der Waals surface area contributed by atoms with Crippen molar-refractivity contribution in [1.82, 2.24) is 14.5 Å². The summed E-state index contributed by atoms with van der Waals surface area (Å²) in [6.45, 7) is 8.10. The number of nitrogens with one attached hydrogen (secondary N) is 1. The van der Waals surface area contributed by atoms with Gasteiger partial charge in [-0.15, -0.1) is 0 Å². The Bertz CT molecular complexity index is 777. The van der Waals surface area contributed by atoms with Crippen LogP contribution < -0.4 is 10.1 Å². The molecule has 1 heterocycles. The van der Waals surface area contributed by atoms with Crippen molar-refractivity contribution >= 4 is 31.9 Å². The number of carbonyl (C=O) groups excluding carboxylic acids is 1. The third-order valence-electron chi connectivity index (χ3n) is 4.19. The Hall–Kier alpha value is -1.16. The fourth-order valence-corrected chi connectivity index (χ4v) is 5.15. The molecule has 2 rings (SSSR count). The monoisotopic (exact) mass is 461 g/mol. The number of sulfonamides is 1. The van der Waals surface area contributed by atoms with Crippen LogP contribution in [0.15, 0.2) is 27.6 Å². The number of rotatable bonds is 5. The molecule has 0 aliphatic carbocycles. The molecule has 7 nitrogen and oxygen atoms in total. The molecule has 0 saturated carbocycles. The van der Waals surface area contributed by atoms with Crippen LogP contribution in [0.4, 0.5) is 0 Å². The normalized spacial score (nSPS) is 17.4. The first-order valence-electron chi connectivity index (χ1n) is 8.90. The van der Waals surface area contributed by atoms with Gasteiger partial charge in [0.25, 0.3) is 0 Å². The molecule has 1 aromatic rings. The quantitative estimate of drug-likeness (QED) is 0.725. The molecule has 1 fully saturated rings. The van der Waals surface area contributed by atoms with E-state index < -0.39 is 10.0 Å². The average Bonchev–Trinajstić information content (AvgIpc) is 2.79. The first-order valence-corrected chi connectivity index (χ1v) is 11.1. The lowest BCUT2D eigenvalue weighted by Crippen LogP contribution is -2.46. The van der Waals surface area contributed by atoms with Gasteiger partial charge in [-0.2, -0.15) is 4.31 Å². The maximum atomic E-state index is 13.0. The Balaban J connectivity index is 2.04. The van der Waals surface area contributed by atoms with Crippen molar-refractivity contribution in [3.05, 3.63) is 22.7 Å². The van der Waals surface area contributed by atoms with Gasteiger partial charge in [0, 0.05) is 25.2 Å². The van der Waals surface area contributed by atoms with Crippen molar-refractivity contribution in [3.63, 3.8) is 0 Å². The molecule has 1 saturated heterocycles. The molecule has 1 amide bonds. The van der Waals surface area contributed by atoms with E-state index in [-0.39, 0.29) is 22.9 Å². The summed E-state index contributed by atoms with van der Waals surface area (Å²) in [5.41, 5.74) is -0.278. The summed E-state index contributed by atoms with van der Waals surface area (Å²) in [4.78, 5) is 14.4. The van der Waals surface area contributed by atoms with Gasteiger partial charge in [0.2, 0.25) is 15.9 Å². The van der Waals surface area contributed by atoms with Gasteiger partial charge in [-0.05, 0) is 67.9 Å². The Morgan fingerprint density at radius 1 is 1.22 bits per heavy atom. The molecule has 27 heavy (non-hydrogen) atoms. The van der Waals surface area contributed by atoms with Crippen LogP contribution >= 0.6 is 15.9 Å². The minimum absolute atomic E-state index is 0.0436. The number of methoxy groups -OCH3 is 1. The van der Waals surface area contributed by atoms with Crippen LogP contribution in [0.3, 0.4) is 0 Å². The number of benzene rings is 1. The molecule has 0 bridgehead atoms. The molecule has 152 valence electrons. The second kappa shape index (κ2) is 8.89. The van der Waals surface area contributed by atoms with Gasteiger partial charge in [-0.1, -0.05) is 0 Å². The smallest absolute Gasteiger partial charge is 0.243 e. The average molecular weight is 462 g/mol. The lowest BCUT2D eigenvalue weighted by molar-refractivity contribution is -0.123. The van der Waals surface area contributed by atoms with E-state index in [1.54, 1.807) is 18.2 Å². The first kappa shape index (κ1) is 22.1. The molecule has 1 N–H and O–H groups in total. The third kappa shape index (κ3) is 6.17. The second-order valence-corrected chi connectivity index (χ2v) is 10.4. The fourth-order valence-electron chi connectivity index (χ4n) is 2.96. The first-order chi connectivity index (χ1) is 12.5. The summed E-state index contributed by atoms with van der Waals surface area (Å²) >= 11 is 3.34. The molecule has 1 aliphatic heterocycles. The second-order valence-electron chi connectivity index (χ2n) is 7.63. The maximum absolute atomic E-state index is 13.0. The third-order valence-corrected chi connectivity index (χ3v) is 6.70. The van der Waals surface area contributed by atoms with Gasteiger partial charge < -0.3 is 10.1 Å². The molecule has 0 radical (unpaired) electrons. The number of amides is 1. The van der Waals surface area contributed by atoms with Crippen LogP contribution in [0.25, 0.3) is 0 Å². The highest BCUT2D eigenvalue weighted by molar-refractivity contribution is 9.10. The van der Waals surface area contributed by atoms with E-state index in [1.807, 2.05) is 25.7 Å².